The quantitative estimate of drug-likeness (QED) is 0.824. The first-order valence-corrected chi connectivity index (χ1v) is 7.89. The fourth-order valence-corrected chi connectivity index (χ4v) is 4.58. The van der Waals surface area contributed by atoms with Gasteiger partial charge in [0.05, 0.1) is 11.5 Å². The number of benzene rings is 1. The minimum Gasteiger partial charge on any atom is -0.399 e. The van der Waals surface area contributed by atoms with E-state index in [2.05, 4.69) is 0 Å². The largest absolute Gasteiger partial charge is 0.399 e. The highest BCUT2D eigenvalue weighted by Gasteiger charge is 2.49. The lowest BCUT2D eigenvalue weighted by Crippen LogP contribution is -2.61. The van der Waals surface area contributed by atoms with Crippen LogP contribution in [0.3, 0.4) is 0 Å². The Morgan fingerprint density at radius 2 is 2.11 bits per heavy atom. The lowest BCUT2D eigenvalue weighted by atomic mass is 9.77. The van der Waals surface area contributed by atoms with Crippen molar-refractivity contribution in [2.24, 2.45) is 5.41 Å². The molecule has 0 aliphatic carbocycles. The summed E-state index contributed by atoms with van der Waals surface area (Å²) in [5.41, 5.74) is 6.17. The Bertz CT molecular complexity index is 571. The number of ether oxygens (including phenoxy) is 1. The molecular weight excluding hydrogens is 264 g/mol. The van der Waals surface area contributed by atoms with Gasteiger partial charge in [0, 0.05) is 30.8 Å². The average Bonchev–Trinajstić information content (AvgIpc) is 2.37. The van der Waals surface area contributed by atoms with E-state index in [4.69, 9.17) is 10.5 Å². The highest BCUT2D eigenvalue weighted by molar-refractivity contribution is 7.89. The number of nitrogen functional groups attached to an aromatic ring is 1. The van der Waals surface area contributed by atoms with Gasteiger partial charge in [-0.15, -0.1) is 0 Å². The summed E-state index contributed by atoms with van der Waals surface area (Å²) in [6.07, 6.45) is 2.07. The zero-order valence-electron chi connectivity index (χ0n) is 10.7. The zero-order chi connectivity index (χ0) is 13.5. The molecule has 0 amide bonds. The van der Waals surface area contributed by atoms with E-state index in [1.54, 1.807) is 18.2 Å². The Hall–Kier alpha value is -1.11. The van der Waals surface area contributed by atoms with Gasteiger partial charge >= 0.3 is 0 Å². The van der Waals surface area contributed by atoms with Crippen LogP contribution in [-0.2, 0) is 14.8 Å². The van der Waals surface area contributed by atoms with Gasteiger partial charge < -0.3 is 10.5 Å². The van der Waals surface area contributed by atoms with E-state index < -0.39 is 10.0 Å². The van der Waals surface area contributed by atoms with Gasteiger partial charge in [0.15, 0.2) is 0 Å². The summed E-state index contributed by atoms with van der Waals surface area (Å²) in [6.45, 7) is 2.59. The highest BCUT2D eigenvalue weighted by Crippen LogP contribution is 2.40. The van der Waals surface area contributed by atoms with E-state index in [9.17, 15) is 8.42 Å². The van der Waals surface area contributed by atoms with Crippen molar-refractivity contribution in [2.45, 2.75) is 17.7 Å². The summed E-state index contributed by atoms with van der Waals surface area (Å²) in [5.74, 6) is 0. The molecule has 1 aromatic rings. The fraction of sp³-hybridized carbons (Fsp3) is 0.538. The molecule has 2 aliphatic rings. The molecule has 2 fully saturated rings. The molecule has 0 saturated carbocycles. The molecule has 0 unspecified atom stereocenters. The molecular formula is C13H18N2O3S. The van der Waals surface area contributed by atoms with E-state index in [-0.39, 0.29) is 10.3 Å². The monoisotopic (exact) mass is 282 g/mol. The molecule has 0 aromatic heterocycles. The molecule has 0 bridgehead atoms. The van der Waals surface area contributed by atoms with Crippen molar-refractivity contribution >= 4 is 15.7 Å². The Kier molecular flexibility index (Phi) is 3.03. The van der Waals surface area contributed by atoms with E-state index in [1.165, 1.54) is 10.4 Å². The minimum absolute atomic E-state index is 0.0473. The highest BCUT2D eigenvalue weighted by atomic mass is 32.2. The number of hydrogen-bond donors (Lipinski definition) is 1. The zero-order valence-corrected chi connectivity index (χ0v) is 11.5. The Labute approximate surface area is 113 Å². The van der Waals surface area contributed by atoms with Crippen molar-refractivity contribution in [3.63, 3.8) is 0 Å². The van der Waals surface area contributed by atoms with Gasteiger partial charge in [0.2, 0.25) is 10.0 Å². The normalized spacial score (nSPS) is 23.2. The number of anilines is 1. The number of rotatable bonds is 2. The number of nitrogens with two attached hydrogens (primary N) is 1. The average molecular weight is 282 g/mol. The molecule has 19 heavy (non-hydrogen) atoms. The van der Waals surface area contributed by atoms with Crippen molar-refractivity contribution < 1.29 is 13.2 Å². The van der Waals surface area contributed by atoms with Gasteiger partial charge in [0.1, 0.15) is 0 Å². The van der Waals surface area contributed by atoms with Crippen LogP contribution in [-0.4, -0.2) is 39.0 Å². The smallest absolute Gasteiger partial charge is 0.243 e. The molecule has 0 atom stereocenters. The maximum absolute atomic E-state index is 12.4. The first kappa shape index (κ1) is 12.9. The second-order valence-electron chi connectivity index (χ2n) is 5.50. The number of nitrogens with zero attached hydrogens (tertiary/aromatic N) is 1. The number of hydrogen-bond acceptors (Lipinski definition) is 4. The van der Waals surface area contributed by atoms with Crippen molar-refractivity contribution in [1.29, 1.82) is 0 Å². The van der Waals surface area contributed by atoms with E-state index in [0.29, 0.717) is 25.4 Å². The second kappa shape index (κ2) is 4.47. The maximum Gasteiger partial charge on any atom is 0.243 e. The Balaban J connectivity index is 1.77. The van der Waals surface area contributed by atoms with E-state index in [0.717, 1.165) is 19.4 Å². The first-order valence-electron chi connectivity index (χ1n) is 6.45. The van der Waals surface area contributed by atoms with Crippen LogP contribution in [0, 0.1) is 5.41 Å². The summed E-state index contributed by atoms with van der Waals surface area (Å²) in [5, 5.41) is 0. The van der Waals surface area contributed by atoms with Crippen LogP contribution in [0.5, 0.6) is 0 Å². The van der Waals surface area contributed by atoms with Crippen LogP contribution in [0.25, 0.3) is 0 Å². The molecule has 1 aromatic carbocycles. The summed E-state index contributed by atoms with van der Waals surface area (Å²) >= 11 is 0. The van der Waals surface area contributed by atoms with Crippen molar-refractivity contribution in [1.82, 2.24) is 4.31 Å². The third-order valence-electron chi connectivity index (χ3n) is 3.92. The van der Waals surface area contributed by atoms with Crippen molar-refractivity contribution in [2.75, 3.05) is 32.0 Å². The fourth-order valence-electron chi connectivity index (χ4n) is 2.86. The molecule has 2 aliphatic heterocycles. The van der Waals surface area contributed by atoms with Gasteiger partial charge in [-0.05, 0) is 31.0 Å². The lowest BCUT2D eigenvalue weighted by molar-refractivity contribution is -0.0701. The van der Waals surface area contributed by atoms with Crippen LogP contribution < -0.4 is 5.73 Å². The Morgan fingerprint density at radius 1 is 1.32 bits per heavy atom. The molecule has 5 nitrogen and oxygen atoms in total. The third kappa shape index (κ3) is 2.24. The standard InChI is InChI=1S/C13H18N2O3S/c14-11-3-1-4-12(7-11)19(16,17)15-8-13(9-15)5-2-6-18-10-13/h1,3-4,7H,2,5-6,8-10,14H2. The van der Waals surface area contributed by atoms with Gasteiger partial charge in [-0.2, -0.15) is 4.31 Å². The Morgan fingerprint density at radius 3 is 2.74 bits per heavy atom. The molecule has 6 heteroatoms. The van der Waals surface area contributed by atoms with Crippen LogP contribution in [0.1, 0.15) is 12.8 Å². The SMILES string of the molecule is Nc1cccc(S(=O)(=O)N2CC3(CCCOC3)C2)c1. The van der Waals surface area contributed by atoms with Gasteiger partial charge in [-0.3, -0.25) is 0 Å². The van der Waals surface area contributed by atoms with Crippen LogP contribution in [0.2, 0.25) is 0 Å². The predicted octanol–water partition coefficient (Wildman–Crippen LogP) is 1.07. The van der Waals surface area contributed by atoms with Gasteiger partial charge in [-0.1, -0.05) is 6.07 Å². The summed E-state index contributed by atoms with van der Waals surface area (Å²) in [4.78, 5) is 0.277. The molecule has 2 heterocycles. The third-order valence-corrected chi connectivity index (χ3v) is 5.71. The summed E-state index contributed by atoms with van der Waals surface area (Å²) in [7, 11) is -3.40. The molecule has 2 N–H and O–H groups in total. The van der Waals surface area contributed by atoms with Crippen LogP contribution in [0.4, 0.5) is 5.69 Å². The molecule has 1 spiro atoms. The number of sulfonamides is 1. The molecule has 2 saturated heterocycles. The predicted molar refractivity (Wildman–Crippen MR) is 72.1 cm³/mol. The maximum atomic E-state index is 12.4. The van der Waals surface area contributed by atoms with E-state index >= 15 is 0 Å². The van der Waals surface area contributed by atoms with Gasteiger partial charge in [0.25, 0.3) is 0 Å². The summed E-state index contributed by atoms with van der Waals surface area (Å²) < 4.78 is 31.8. The van der Waals surface area contributed by atoms with Crippen LogP contribution >= 0.6 is 0 Å². The molecule has 104 valence electrons. The van der Waals surface area contributed by atoms with Crippen LogP contribution in [0.15, 0.2) is 29.2 Å². The molecule has 0 radical (unpaired) electrons. The lowest BCUT2D eigenvalue weighted by Gasteiger charge is -2.50. The minimum atomic E-state index is -3.40. The topological polar surface area (TPSA) is 72.6 Å². The molecule has 3 rings (SSSR count). The van der Waals surface area contributed by atoms with Crippen molar-refractivity contribution in [3.8, 4) is 0 Å². The second-order valence-corrected chi connectivity index (χ2v) is 7.44. The first-order chi connectivity index (χ1) is 9.02. The summed E-state index contributed by atoms with van der Waals surface area (Å²) in [6, 6.07) is 6.46. The van der Waals surface area contributed by atoms with E-state index in [1.807, 2.05) is 0 Å². The van der Waals surface area contributed by atoms with Crippen molar-refractivity contribution in [3.05, 3.63) is 24.3 Å². The van der Waals surface area contributed by atoms with Gasteiger partial charge in [-0.25, -0.2) is 8.42 Å².